The Morgan fingerprint density at radius 3 is 2.52 bits per heavy atom. The molecule has 160 valence electrons. The molecule has 1 amide bonds. The number of hydrogen-bond donors (Lipinski definition) is 2. The number of hydrogen-bond acceptors (Lipinski definition) is 4. The molecule has 0 fully saturated rings. The molecule has 0 unspecified atom stereocenters. The molecule has 2 N–H and O–H groups in total. The van der Waals surface area contributed by atoms with Gasteiger partial charge in [0.05, 0.1) is 21.8 Å². The van der Waals surface area contributed by atoms with Crippen LogP contribution in [0.4, 0.5) is 10.1 Å². The monoisotopic (exact) mass is 459 g/mol. The lowest BCUT2D eigenvalue weighted by Crippen LogP contribution is -2.19. The van der Waals surface area contributed by atoms with Crippen LogP contribution in [0.5, 0.6) is 0 Å². The molecule has 31 heavy (non-hydrogen) atoms. The van der Waals surface area contributed by atoms with Crippen molar-refractivity contribution in [3.63, 3.8) is 0 Å². The Labute approximate surface area is 184 Å². The van der Waals surface area contributed by atoms with E-state index in [0.29, 0.717) is 5.69 Å². The normalized spacial score (nSPS) is 11.5. The highest BCUT2D eigenvalue weighted by Gasteiger charge is 2.17. The van der Waals surface area contributed by atoms with Crippen LogP contribution < -0.4 is 10.1 Å². The number of nitrogens with one attached hydrogen (secondary N) is 2. The first-order valence-electron chi connectivity index (χ1n) is 9.15. The molecule has 3 aromatic rings. The molecular formula is C22H19ClFN3O3S. The van der Waals surface area contributed by atoms with E-state index in [9.17, 15) is 17.6 Å². The predicted molar refractivity (Wildman–Crippen MR) is 120 cm³/mol. The first kappa shape index (κ1) is 22.5. The molecule has 0 saturated carbocycles. The molecule has 0 saturated heterocycles. The molecule has 0 bridgehead atoms. The molecule has 6 nitrogen and oxygen atoms in total. The fraction of sp³-hybridized carbons (Fsp3) is 0.0909. The van der Waals surface area contributed by atoms with E-state index in [1.807, 2.05) is 13.0 Å². The molecule has 3 rings (SSSR count). The third-order valence-electron chi connectivity index (χ3n) is 4.39. The smallest absolute Gasteiger partial charge is 0.271 e. The number of carbonyl (C=O) groups is 1. The Morgan fingerprint density at radius 2 is 1.81 bits per heavy atom. The molecule has 0 atom stereocenters. The number of amides is 1. The lowest BCUT2D eigenvalue weighted by atomic mass is 10.1. The van der Waals surface area contributed by atoms with Crippen LogP contribution >= 0.6 is 11.6 Å². The van der Waals surface area contributed by atoms with Gasteiger partial charge in [-0.1, -0.05) is 41.4 Å². The fourth-order valence-electron chi connectivity index (χ4n) is 2.79. The molecular weight excluding hydrogens is 441 g/mol. The summed E-state index contributed by atoms with van der Waals surface area (Å²) in [6, 6.07) is 15.0. The van der Waals surface area contributed by atoms with Crippen LogP contribution in [0.2, 0.25) is 5.02 Å². The number of rotatable bonds is 6. The second-order valence-electron chi connectivity index (χ2n) is 6.79. The number of aryl methyl sites for hydroxylation is 2. The lowest BCUT2D eigenvalue weighted by Gasteiger charge is -2.12. The van der Waals surface area contributed by atoms with Crippen molar-refractivity contribution in [3.8, 4) is 0 Å². The van der Waals surface area contributed by atoms with Gasteiger partial charge in [0.25, 0.3) is 15.9 Å². The van der Waals surface area contributed by atoms with Crippen LogP contribution in [-0.2, 0) is 10.0 Å². The minimum Gasteiger partial charge on any atom is -0.279 e. The van der Waals surface area contributed by atoms with E-state index < -0.39 is 21.7 Å². The van der Waals surface area contributed by atoms with Crippen molar-refractivity contribution in [2.24, 2.45) is 5.10 Å². The van der Waals surface area contributed by atoms with Crippen LogP contribution in [0.1, 0.15) is 27.0 Å². The zero-order valence-electron chi connectivity index (χ0n) is 16.7. The average molecular weight is 460 g/mol. The summed E-state index contributed by atoms with van der Waals surface area (Å²) in [4.78, 5) is 12.3. The van der Waals surface area contributed by atoms with Gasteiger partial charge in [0.2, 0.25) is 0 Å². The summed E-state index contributed by atoms with van der Waals surface area (Å²) in [6.07, 6.45) is 1.08. The van der Waals surface area contributed by atoms with Crippen molar-refractivity contribution < 1.29 is 17.6 Å². The fourth-order valence-corrected chi connectivity index (χ4v) is 4.18. The van der Waals surface area contributed by atoms with Gasteiger partial charge in [-0.15, -0.1) is 0 Å². The molecule has 0 aliphatic rings. The zero-order valence-corrected chi connectivity index (χ0v) is 18.3. The van der Waals surface area contributed by atoms with E-state index in [2.05, 4.69) is 15.2 Å². The number of carbonyl (C=O) groups excluding carboxylic acids is 1. The Kier molecular flexibility index (Phi) is 6.72. The van der Waals surface area contributed by atoms with Crippen LogP contribution in [0, 0.1) is 19.7 Å². The van der Waals surface area contributed by atoms with Crippen molar-refractivity contribution in [2.45, 2.75) is 18.7 Å². The third kappa shape index (κ3) is 5.48. The highest BCUT2D eigenvalue weighted by molar-refractivity contribution is 7.92. The van der Waals surface area contributed by atoms with Gasteiger partial charge in [0, 0.05) is 11.1 Å². The summed E-state index contributed by atoms with van der Waals surface area (Å²) in [5, 5.41) is 3.85. The number of anilines is 1. The van der Waals surface area contributed by atoms with Crippen molar-refractivity contribution in [2.75, 3.05) is 4.72 Å². The van der Waals surface area contributed by atoms with E-state index in [-0.39, 0.29) is 21.0 Å². The summed E-state index contributed by atoms with van der Waals surface area (Å²) in [5.74, 6) is -1.25. The van der Waals surface area contributed by atoms with Crippen LogP contribution in [0.3, 0.4) is 0 Å². The number of halogens is 2. The SMILES string of the molecule is Cc1ccc(NS(=O)(=O)c2cccc(C(=O)N/N=C/c3c(F)cccc3Cl)c2)c(C)c1. The molecule has 0 heterocycles. The summed E-state index contributed by atoms with van der Waals surface area (Å²) in [5.41, 5.74) is 4.57. The maximum atomic E-state index is 13.7. The minimum atomic E-state index is -3.91. The third-order valence-corrected chi connectivity index (χ3v) is 6.08. The van der Waals surface area contributed by atoms with Gasteiger partial charge in [-0.05, 0) is 55.8 Å². The highest BCUT2D eigenvalue weighted by atomic mass is 35.5. The van der Waals surface area contributed by atoms with Gasteiger partial charge in [-0.25, -0.2) is 18.2 Å². The van der Waals surface area contributed by atoms with Gasteiger partial charge in [-0.2, -0.15) is 5.10 Å². The van der Waals surface area contributed by atoms with Crippen LogP contribution in [0.15, 0.2) is 70.7 Å². The van der Waals surface area contributed by atoms with Crippen molar-refractivity contribution in [3.05, 3.63) is 93.8 Å². The van der Waals surface area contributed by atoms with Gasteiger partial charge in [-0.3, -0.25) is 9.52 Å². The zero-order chi connectivity index (χ0) is 22.6. The molecule has 9 heteroatoms. The predicted octanol–water partition coefficient (Wildman–Crippen LogP) is 4.66. The standard InChI is InChI=1S/C22H19ClFN3O3S/c1-14-9-10-21(15(2)11-14)27-31(29,30)17-6-3-5-16(12-17)22(28)26-25-13-18-19(23)7-4-8-20(18)24/h3-13,27H,1-2H3,(H,26,28)/b25-13+. The second kappa shape index (κ2) is 9.28. The van der Waals surface area contributed by atoms with Gasteiger partial charge in [0.15, 0.2) is 0 Å². The largest absolute Gasteiger partial charge is 0.279 e. The van der Waals surface area contributed by atoms with Gasteiger partial charge in [0.1, 0.15) is 5.82 Å². The van der Waals surface area contributed by atoms with Crippen molar-refractivity contribution in [1.29, 1.82) is 0 Å². The maximum absolute atomic E-state index is 13.7. The number of sulfonamides is 1. The maximum Gasteiger partial charge on any atom is 0.271 e. The highest BCUT2D eigenvalue weighted by Crippen LogP contribution is 2.21. The first-order valence-corrected chi connectivity index (χ1v) is 11.0. The Balaban J connectivity index is 1.77. The van der Waals surface area contributed by atoms with Gasteiger partial charge < -0.3 is 0 Å². The first-order chi connectivity index (χ1) is 14.7. The Hall–Kier alpha value is -3.23. The van der Waals surface area contributed by atoms with Crippen molar-refractivity contribution in [1.82, 2.24) is 5.43 Å². The number of benzene rings is 3. The van der Waals surface area contributed by atoms with E-state index in [1.165, 1.54) is 42.5 Å². The second-order valence-corrected chi connectivity index (χ2v) is 8.88. The van der Waals surface area contributed by atoms with E-state index >= 15 is 0 Å². The van der Waals surface area contributed by atoms with Crippen molar-refractivity contribution >= 4 is 39.4 Å². The Bertz CT molecular complexity index is 1260. The average Bonchev–Trinajstić information content (AvgIpc) is 2.72. The minimum absolute atomic E-state index is 0.0264. The van der Waals surface area contributed by atoms with E-state index in [1.54, 1.807) is 19.1 Å². The van der Waals surface area contributed by atoms with Gasteiger partial charge >= 0.3 is 0 Å². The summed E-state index contributed by atoms with van der Waals surface area (Å²) in [6.45, 7) is 3.71. The summed E-state index contributed by atoms with van der Waals surface area (Å²) >= 11 is 5.90. The number of hydrazone groups is 1. The molecule has 0 aliphatic heterocycles. The molecule has 0 aromatic heterocycles. The summed E-state index contributed by atoms with van der Waals surface area (Å²) < 4.78 is 41.8. The molecule has 3 aromatic carbocycles. The van der Waals surface area contributed by atoms with E-state index in [4.69, 9.17) is 11.6 Å². The lowest BCUT2D eigenvalue weighted by molar-refractivity contribution is 0.0955. The molecule has 0 aliphatic carbocycles. The topological polar surface area (TPSA) is 87.6 Å². The van der Waals surface area contributed by atoms with Crippen LogP contribution in [-0.4, -0.2) is 20.5 Å². The quantitative estimate of drug-likeness (QED) is 0.415. The Morgan fingerprint density at radius 1 is 1.06 bits per heavy atom. The molecule has 0 spiro atoms. The molecule has 0 radical (unpaired) electrons. The number of nitrogens with zero attached hydrogens (tertiary/aromatic N) is 1. The summed E-state index contributed by atoms with van der Waals surface area (Å²) in [7, 11) is -3.91. The van der Waals surface area contributed by atoms with Crippen LogP contribution in [0.25, 0.3) is 0 Å². The van der Waals surface area contributed by atoms with E-state index in [0.717, 1.165) is 17.3 Å².